The first-order valence-corrected chi connectivity index (χ1v) is 13.1. The molecule has 0 amide bonds. The van der Waals surface area contributed by atoms with E-state index in [1.165, 1.54) is 50.2 Å². The zero-order chi connectivity index (χ0) is 17.8. The van der Waals surface area contributed by atoms with Crippen molar-refractivity contribution in [2.24, 2.45) is 23.2 Å². The fourth-order valence-electron chi connectivity index (χ4n) is 6.09. The van der Waals surface area contributed by atoms with Crippen LogP contribution in [0.1, 0.15) is 79.6 Å². The predicted octanol–water partition coefficient (Wildman–Crippen LogP) is 6.21. The summed E-state index contributed by atoms with van der Waals surface area (Å²) in [6.07, 6.45) is 10.1. The average Bonchev–Trinajstić information content (AvgIpc) is 2.95. The van der Waals surface area contributed by atoms with Crippen LogP contribution in [0, 0.1) is 23.2 Å². The second-order valence-electron chi connectivity index (χ2n) is 8.81. The molecule has 2 nitrogen and oxygen atoms in total. The lowest BCUT2D eigenvalue weighted by Gasteiger charge is -2.49. The first-order valence-electron chi connectivity index (χ1n) is 10.6. The van der Waals surface area contributed by atoms with Gasteiger partial charge in [0, 0.05) is 12.5 Å². The number of carbonyl (C=O) groups is 1. The number of hydrogen-bond acceptors (Lipinski definition) is 2. The molecule has 2 saturated carbocycles. The summed E-state index contributed by atoms with van der Waals surface area (Å²) in [6.45, 7) is 12.0. The van der Waals surface area contributed by atoms with Gasteiger partial charge in [0.2, 0.25) is 0 Å². The second kappa shape index (κ2) is 8.49. The van der Waals surface area contributed by atoms with Gasteiger partial charge in [0.15, 0.2) is 8.32 Å². The van der Waals surface area contributed by atoms with Gasteiger partial charge in [-0.05, 0) is 73.4 Å². The van der Waals surface area contributed by atoms with Crippen LogP contribution in [0.15, 0.2) is 0 Å². The predicted molar refractivity (Wildman–Crippen MR) is 105 cm³/mol. The maximum absolute atomic E-state index is 10.8. The third-order valence-electron chi connectivity index (χ3n) is 7.90. The van der Waals surface area contributed by atoms with Crippen molar-refractivity contribution in [3.63, 3.8) is 0 Å². The van der Waals surface area contributed by atoms with E-state index in [1.54, 1.807) is 0 Å². The van der Waals surface area contributed by atoms with E-state index in [-0.39, 0.29) is 0 Å². The average molecular weight is 353 g/mol. The van der Waals surface area contributed by atoms with Gasteiger partial charge in [0.25, 0.3) is 0 Å². The Balaban J connectivity index is 2.12. The lowest BCUT2D eigenvalue weighted by Crippen LogP contribution is -2.48. The molecule has 0 bridgehead atoms. The molecule has 0 aromatic rings. The van der Waals surface area contributed by atoms with E-state index in [9.17, 15) is 4.79 Å². The molecule has 0 spiro atoms. The SMILES string of the molecule is CC[Si](CC)(CC)O[C@H]1CCC[C@@]2(C)C1CC[C@@H]2[C@H](C)CCC=O. The topological polar surface area (TPSA) is 26.3 Å². The van der Waals surface area contributed by atoms with Crippen LogP contribution in [-0.2, 0) is 9.22 Å². The Bertz CT molecular complexity index is 398. The minimum atomic E-state index is -1.51. The monoisotopic (exact) mass is 352 g/mol. The number of hydrogen-bond donors (Lipinski definition) is 0. The minimum absolute atomic E-state index is 0.445. The Morgan fingerprint density at radius 3 is 2.42 bits per heavy atom. The molecule has 0 aliphatic heterocycles. The molecule has 0 radical (unpaired) electrons. The van der Waals surface area contributed by atoms with Crippen molar-refractivity contribution < 1.29 is 9.22 Å². The van der Waals surface area contributed by atoms with Crippen LogP contribution in [0.3, 0.4) is 0 Å². The molecule has 2 rings (SSSR count). The van der Waals surface area contributed by atoms with Crippen LogP contribution in [-0.4, -0.2) is 20.7 Å². The van der Waals surface area contributed by atoms with E-state index in [1.807, 2.05) is 0 Å². The molecule has 2 aliphatic carbocycles. The van der Waals surface area contributed by atoms with E-state index in [4.69, 9.17) is 4.43 Å². The third kappa shape index (κ3) is 3.82. The van der Waals surface area contributed by atoms with Gasteiger partial charge in [-0.3, -0.25) is 0 Å². The zero-order valence-electron chi connectivity index (χ0n) is 16.8. The molecule has 0 N–H and O–H groups in total. The molecule has 140 valence electrons. The number of rotatable bonds is 9. The van der Waals surface area contributed by atoms with Gasteiger partial charge in [0.05, 0.1) is 0 Å². The highest BCUT2D eigenvalue weighted by molar-refractivity contribution is 6.73. The summed E-state index contributed by atoms with van der Waals surface area (Å²) in [6, 6.07) is 3.79. The summed E-state index contributed by atoms with van der Waals surface area (Å²) in [5, 5.41) is 0. The van der Waals surface area contributed by atoms with Crippen molar-refractivity contribution in [1.82, 2.24) is 0 Å². The lowest BCUT2D eigenvalue weighted by atomic mass is 9.61. The molecule has 0 aromatic heterocycles. The van der Waals surface area contributed by atoms with Crippen molar-refractivity contribution in [3.05, 3.63) is 0 Å². The Morgan fingerprint density at radius 1 is 1.17 bits per heavy atom. The van der Waals surface area contributed by atoms with Crippen molar-refractivity contribution in [3.8, 4) is 0 Å². The number of carbonyl (C=O) groups excluding carboxylic acids is 1. The van der Waals surface area contributed by atoms with Crippen molar-refractivity contribution >= 4 is 14.6 Å². The maximum atomic E-state index is 10.8. The summed E-state index contributed by atoms with van der Waals surface area (Å²) >= 11 is 0. The molecule has 1 unspecified atom stereocenters. The molecule has 5 atom stereocenters. The molecule has 0 aromatic carbocycles. The highest BCUT2D eigenvalue weighted by Gasteiger charge is 2.53. The van der Waals surface area contributed by atoms with Gasteiger partial charge < -0.3 is 9.22 Å². The second-order valence-corrected chi connectivity index (χ2v) is 13.5. The normalized spacial score (nSPS) is 34.8. The Hall–Kier alpha value is -0.153. The highest BCUT2D eigenvalue weighted by Crippen LogP contribution is 2.59. The Labute approximate surface area is 151 Å². The smallest absolute Gasteiger partial charge is 0.192 e. The summed E-state index contributed by atoms with van der Waals surface area (Å²) in [5.74, 6) is 2.22. The van der Waals surface area contributed by atoms with Gasteiger partial charge >= 0.3 is 0 Å². The largest absolute Gasteiger partial charge is 0.414 e. The van der Waals surface area contributed by atoms with Gasteiger partial charge in [-0.25, -0.2) is 0 Å². The van der Waals surface area contributed by atoms with Crippen LogP contribution in [0.5, 0.6) is 0 Å². The van der Waals surface area contributed by atoms with Crippen LogP contribution >= 0.6 is 0 Å². The summed E-state index contributed by atoms with van der Waals surface area (Å²) in [5.41, 5.74) is 0.445. The van der Waals surface area contributed by atoms with Crippen molar-refractivity contribution in [2.75, 3.05) is 0 Å². The van der Waals surface area contributed by atoms with Crippen LogP contribution in [0.4, 0.5) is 0 Å². The molecular formula is C21H40O2Si. The minimum Gasteiger partial charge on any atom is -0.414 e. The molecule has 24 heavy (non-hydrogen) atoms. The molecule has 3 heteroatoms. The fraction of sp³-hybridized carbons (Fsp3) is 0.952. The van der Waals surface area contributed by atoms with Crippen LogP contribution < -0.4 is 0 Å². The Kier molecular flexibility index (Phi) is 7.13. The number of fused-ring (bicyclic) bond motifs is 1. The van der Waals surface area contributed by atoms with E-state index in [0.717, 1.165) is 31.0 Å². The first-order chi connectivity index (χ1) is 11.5. The summed E-state index contributed by atoms with van der Waals surface area (Å²) in [4.78, 5) is 10.8. The number of aldehydes is 1. The van der Waals surface area contributed by atoms with Crippen molar-refractivity contribution in [2.45, 2.75) is 104 Å². The Morgan fingerprint density at radius 2 is 1.83 bits per heavy atom. The van der Waals surface area contributed by atoms with Crippen molar-refractivity contribution in [1.29, 1.82) is 0 Å². The van der Waals surface area contributed by atoms with Gasteiger partial charge in [0.1, 0.15) is 6.29 Å². The molecule has 0 saturated heterocycles. The summed E-state index contributed by atoms with van der Waals surface area (Å²) in [7, 11) is -1.51. The van der Waals surface area contributed by atoms with E-state index >= 15 is 0 Å². The lowest BCUT2D eigenvalue weighted by molar-refractivity contribution is -0.108. The summed E-state index contributed by atoms with van der Waals surface area (Å²) < 4.78 is 7.00. The molecule has 0 heterocycles. The van der Waals surface area contributed by atoms with Gasteiger partial charge in [-0.15, -0.1) is 0 Å². The van der Waals surface area contributed by atoms with E-state index in [0.29, 0.717) is 17.4 Å². The standard InChI is InChI=1S/C21H40O2Si/c1-6-24(7-2,8-3)23-20-12-9-15-21(5)18(13-14-19(20)21)17(4)11-10-16-22/h16-20H,6-15H2,1-5H3/t17-,18-,19?,20+,21-/m1/s1. The first kappa shape index (κ1) is 20.2. The molecule has 2 aliphatic rings. The van der Waals surface area contributed by atoms with Gasteiger partial charge in [-0.2, -0.15) is 0 Å². The quantitative estimate of drug-likeness (QED) is 0.364. The van der Waals surface area contributed by atoms with Crippen LogP contribution in [0.25, 0.3) is 0 Å². The van der Waals surface area contributed by atoms with Crippen LogP contribution in [0.2, 0.25) is 18.1 Å². The van der Waals surface area contributed by atoms with E-state index < -0.39 is 8.32 Å². The molecule has 2 fully saturated rings. The fourth-order valence-corrected chi connectivity index (χ4v) is 9.01. The third-order valence-corrected chi connectivity index (χ3v) is 12.6. The van der Waals surface area contributed by atoms with E-state index in [2.05, 4.69) is 34.6 Å². The molecular weight excluding hydrogens is 312 g/mol. The zero-order valence-corrected chi connectivity index (χ0v) is 17.8. The highest BCUT2D eigenvalue weighted by atomic mass is 28.4. The van der Waals surface area contributed by atoms with Gasteiger partial charge in [-0.1, -0.05) is 41.0 Å². The maximum Gasteiger partial charge on any atom is 0.192 e.